The summed E-state index contributed by atoms with van der Waals surface area (Å²) in [5.74, 6) is 0. The van der Waals surface area contributed by atoms with E-state index in [4.69, 9.17) is 4.84 Å². The minimum absolute atomic E-state index is 0.0236. The summed E-state index contributed by atoms with van der Waals surface area (Å²) in [6, 6.07) is 7.23. The van der Waals surface area contributed by atoms with E-state index in [2.05, 4.69) is 53.5 Å². The van der Waals surface area contributed by atoms with Crippen LogP contribution in [-0.2, 0) is 11.3 Å². The molecular formula is C15H24N4O. The molecule has 0 radical (unpaired) electrons. The van der Waals surface area contributed by atoms with Crippen LogP contribution >= 0.6 is 0 Å². The zero-order valence-corrected chi connectivity index (χ0v) is 12.4. The quantitative estimate of drug-likeness (QED) is 0.664. The predicted octanol–water partition coefficient (Wildman–Crippen LogP) is 1.11. The van der Waals surface area contributed by atoms with Gasteiger partial charge in [-0.1, -0.05) is 18.2 Å². The van der Waals surface area contributed by atoms with Crippen molar-refractivity contribution in [2.75, 3.05) is 11.9 Å². The summed E-state index contributed by atoms with van der Waals surface area (Å²) in [5, 5.41) is 10.5. The molecule has 0 amide bonds. The highest BCUT2D eigenvalue weighted by atomic mass is 16.7. The van der Waals surface area contributed by atoms with E-state index in [1.807, 2.05) is 6.92 Å². The zero-order valence-electron chi connectivity index (χ0n) is 12.4. The highest BCUT2D eigenvalue weighted by Crippen LogP contribution is 2.28. The lowest BCUT2D eigenvalue weighted by atomic mass is 10.1. The Balaban J connectivity index is 1.50. The van der Waals surface area contributed by atoms with Crippen molar-refractivity contribution in [2.24, 2.45) is 0 Å². The van der Waals surface area contributed by atoms with E-state index >= 15 is 0 Å². The maximum atomic E-state index is 5.48. The zero-order chi connectivity index (χ0) is 14.1. The van der Waals surface area contributed by atoms with Crippen molar-refractivity contribution in [1.82, 2.24) is 16.1 Å². The second-order valence-corrected chi connectivity index (χ2v) is 5.90. The van der Waals surface area contributed by atoms with E-state index in [-0.39, 0.29) is 18.4 Å². The van der Waals surface area contributed by atoms with Gasteiger partial charge in [0.25, 0.3) is 0 Å². The van der Waals surface area contributed by atoms with Crippen LogP contribution in [0.2, 0.25) is 0 Å². The maximum absolute atomic E-state index is 5.48. The number of benzene rings is 1. The molecule has 4 atom stereocenters. The first kappa shape index (κ1) is 13.8. The van der Waals surface area contributed by atoms with Gasteiger partial charge in [-0.3, -0.25) is 10.2 Å². The molecule has 1 aromatic rings. The fraction of sp³-hybridized carbons (Fsp3) is 0.600. The van der Waals surface area contributed by atoms with Crippen LogP contribution in [-0.4, -0.2) is 31.0 Å². The molecule has 5 nitrogen and oxygen atoms in total. The average Bonchev–Trinajstić information content (AvgIpc) is 3.03. The van der Waals surface area contributed by atoms with Crippen LogP contribution in [0.3, 0.4) is 0 Å². The van der Waals surface area contributed by atoms with E-state index < -0.39 is 0 Å². The molecule has 1 saturated heterocycles. The Morgan fingerprint density at radius 1 is 1.45 bits per heavy atom. The monoisotopic (exact) mass is 276 g/mol. The molecule has 4 unspecified atom stereocenters. The molecule has 2 aliphatic heterocycles. The van der Waals surface area contributed by atoms with E-state index in [1.54, 1.807) is 0 Å². The van der Waals surface area contributed by atoms with Crippen molar-refractivity contribution in [1.29, 1.82) is 0 Å². The number of fused-ring (bicyclic) bond motifs is 1. The summed E-state index contributed by atoms with van der Waals surface area (Å²) in [6.07, 6.45) is 1.32. The Hall–Kier alpha value is -1.14. The molecule has 5 heteroatoms. The van der Waals surface area contributed by atoms with Crippen LogP contribution < -0.4 is 21.4 Å². The molecule has 0 aromatic heterocycles. The van der Waals surface area contributed by atoms with Gasteiger partial charge in [0, 0.05) is 24.3 Å². The Morgan fingerprint density at radius 3 is 3.00 bits per heavy atom. The minimum atomic E-state index is 0.0236. The first-order valence-corrected chi connectivity index (χ1v) is 7.39. The first-order valence-electron chi connectivity index (χ1n) is 7.39. The fourth-order valence-corrected chi connectivity index (χ4v) is 2.92. The molecule has 110 valence electrons. The van der Waals surface area contributed by atoms with Crippen LogP contribution in [0.5, 0.6) is 0 Å². The standard InChI is InChI=1S/C15H24N4O/c1-9-5-4-6-12-7-13(18-14(9)12)8-16-10(2)15-17-11(3)19-20-15/h4-6,10-11,13,15-19H,7-8H2,1-3H3. The molecule has 4 N–H and O–H groups in total. The maximum Gasteiger partial charge on any atom is 0.146 e. The summed E-state index contributed by atoms with van der Waals surface area (Å²) >= 11 is 0. The highest BCUT2D eigenvalue weighted by Gasteiger charge is 2.27. The Bertz CT molecular complexity index is 479. The summed E-state index contributed by atoms with van der Waals surface area (Å²) in [5.41, 5.74) is 7.01. The largest absolute Gasteiger partial charge is 0.380 e. The van der Waals surface area contributed by atoms with Crippen molar-refractivity contribution in [2.45, 2.75) is 51.7 Å². The minimum Gasteiger partial charge on any atom is -0.380 e. The number of aryl methyl sites for hydroxylation is 1. The van der Waals surface area contributed by atoms with E-state index in [1.165, 1.54) is 16.8 Å². The smallest absolute Gasteiger partial charge is 0.146 e. The first-order chi connectivity index (χ1) is 9.63. The molecule has 20 heavy (non-hydrogen) atoms. The molecule has 0 bridgehead atoms. The Morgan fingerprint density at radius 2 is 2.30 bits per heavy atom. The molecule has 3 rings (SSSR count). The number of para-hydroxylation sites is 1. The van der Waals surface area contributed by atoms with Crippen LogP contribution in [0.1, 0.15) is 25.0 Å². The molecule has 1 aromatic carbocycles. The molecule has 1 fully saturated rings. The topological polar surface area (TPSA) is 57.3 Å². The molecule has 0 saturated carbocycles. The number of rotatable bonds is 4. The lowest BCUT2D eigenvalue weighted by molar-refractivity contribution is 0.00556. The number of hydrogen-bond donors (Lipinski definition) is 4. The lowest BCUT2D eigenvalue weighted by Gasteiger charge is -2.22. The third-order valence-corrected chi connectivity index (χ3v) is 4.10. The van der Waals surface area contributed by atoms with Gasteiger partial charge in [0.05, 0.1) is 6.17 Å². The van der Waals surface area contributed by atoms with E-state index in [9.17, 15) is 0 Å². The molecule has 2 aliphatic rings. The summed E-state index contributed by atoms with van der Waals surface area (Å²) < 4.78 is 0. The van der Waals surface area contributed by atoms with Crippen molar-refractivity contribution in [3.63, 3.8) is 0 Å². The second-order valence-electron chi connectivity index (χ2n) is 5.90. The van der Waals surface area contributed by atoms with Crippen LogP contribution in [0.25, 0.3) is 0 Å². The average molecular weight is 276 g/mol. The molecule has 2 heterocycles. The molecule has 0 aliphatic carbocycles. The second kappa shape index (κ2) is 5.69. The molecular weight excluding hydrogens is 252 g/mol. The van der Waals surface area contributed by atoms with Crippen molar-refractivity contribution >= 4 is 5.69 Å². The number of hydrogen-bond acceptors (Lipinski definition) is 5. The number of hydroxylamine groups is 1. The molecule has 0 spiro atoms. The van der Waals surface area contributed by atoms with Crippen LogP contribution in [0, 0.1) is 6.92 Å². The fourth-order valence-electron chi connectivity index (χ4n) is 2.92. The van der Waals surface area contributed by atoms with Gasteiger partial charge in [0.2, 0.25) is 0 Å². The van der Waals surface area contributed by atoms with Gasteiger partial charge in [0.15, 0.2) is 0 Å². The Labute approximate surface area is 120 Å². The van der Waals surface area contributed by atoms with Gasteiger partial charge in [-0.05, 0) is 38.3 Å². The summed E-state index contributed by atoms with van der Waals surface area (Å²) in [7, 11) is 0. The normalized spacial score (nSPS) is 30.1. The third-order valence-electron chi connectivity index (χ3n) is 4.10. The van der Waals surface area contributed by atoms with Crippen LogP contribution in [0.4, 0.5) is 5.69 Å². The van der Waals surface area contributed by atoms with Gasteiger partial charge in [-0.25, -0.2) is 0 Å². The van der Waals surface area contributed by atoms with Crippen molar-refractivity contribution in [3.05, 3.63) is 29.3 Å². The van der Waals surface area contributed by atoms with Crippen LogP contribution in [0.15, 0.2) is 18.2 Å². The van der Waals surface area contributed by atoms with Gasteiger partial charge in [-0.15, -0.1) is 0 Å². The van der Waals surface area contributed by atoms with Crippen molar-refractivity contribution in [3.8, 4) is 0 Å². The van der Waals surface area contributed by atoms with Crippen molar-refractivity contribution < 1.29 is 4.84 Å². The SMILES string of the molecule is Cc1cccc2c1NC(CNC(C)C1NC(C)NO1)C2. The highest BCUT2D eigenvalue weighted by molar-refractivity contribution is 5.61. The lowest BCUT2D eigenvalue weighted by Crippen LogP contribution is -2.48. The number of nitrogens with one attached hydrogen (secondary N) is 4. The Kier molecular flexibility index (Phi) is 3.94. The summed E-state index contributed by atoms with van der Waals surface area (Å²) in [4.78, 5) is 5.48. The van der Waals surface area contributed by atoms with E-state index in [0.29, 0.717) is 6.04 Å². The third kappa shape index (κ3) is 2.81. The van der Waals surface area contributed by atoms with Gasteiger partial charge in [0.1, 0.15) is 6.23 Å². The van der Waals surface area contributed by atoms with E-state index in [0.717, 1.165) is 13.0 Å². The van der Waals surface area contributed by atoms with Gasteiger partial charge >= 0.3 is 0 Å². The van der Waals surface area contributed by atoms with Gasteiger partial charge < -0.3 is 10.6 Å². The summed E-state index contributed by atoms with van der Waals surface area (Å²) in [6.45, 7) is 7.29. The van der Waals surface area contributed by atoms with Gasteiger partial charge in [-0.2, -0.15) is 5.48 Å². The number of anilines is 1. The predicted molar refractivity (Wildman–Crippen MR) is 80.4 cm³/mol.